The van der Waals surface area contributed by atoms with E-state index < -0.39 is 54.0 Å². The lowest BCUT2D eigenvalue weighted by Gasteiger charge is -2.26. The first-order valence-electron chi connectivity index (χ1n) is 12.3. The van der Waals surface area contributed by atoms with Gasteiger partial charge in [0, 0.05) is 23.5 Å². The number of aromatic amines is 1. The van der Waals surface area contributed by atoms with Crippen LogP contribution >= 0.6 is 11.8 Å². The Bertz CT molecular complexity index is 1100. The van der Waals surface area contributed by atoms with Gasteiger partial charge < -0.3 is 36.5 Å². The zero-order valence-corrected chi connectivity index (χ0v) is 21.8. The molecule has 202 valence electrons. The minimum atomic E-state index is -1.29. The van der Waals surface area contributed by atoms with Gasteiger partial charge in [-0.2, -0.15) is 11.8 Å². The van der Waals surface area contributed by atoms with E-state index in [0.29, 0.717) is 18.7 Å². The van der Waals surface area contributed by atoms with E-state index in [1.165, 1.54) is 18.7 Å². The number of aliphatic hydroxyl groups excluding tert-OH is 1. The van der Waals surface area contributed by atoms with Gasteiger partial charge in [0.25, 0.3) is 0 Å². The number of nitrogens with one attached hydrogen (secondary N) is 5. The fourth-order valence-corrected chi connectivity index (χ4v) is 4.80. The molecule has 37 heavy (non-hydrogen) atoms. The summed E-state index contributed by atoms with van der Waals surface area (Å²) in [6.45, 7) is 2.07. The molecule has 2 aromatic rings. The number of carbonyl (C=O) groups excluding carboxylic acids is 3. The minimum Gasteiger partial charge on any atom is -0.480 e. The lowest BCUT2D eigenvalue weighted by atomic mass is 10.0. The van der Waals surface area contributed by atoms with Crippen molar-refractivity contribution in [2.75, 3.05) is 18.6 Å². The first-order chi connectivity index (χ1) is 17.7. The van der Waals surface area contributed by atoms with Crippen LogP contribution in [0.3, 0.4) is 0 Å². The summed E-state index contributed by atoms with van der Waals surface area (Å²) in [6.07, 6.45) is 4.09. The molecule has 0 aliphatic carbocycles. The van der Waals surface area contributed by atoms with Crippen LogP contribution in [0, 0.1) is 0 Å². The fourth-order valence-electron chi connectivity index (χ4n) is 4.32. The lowest BCUT2D eigenvalue weighted by Crippen LogP contribution is -2.60. The zero-order chi connectivity index (χ0) is 26.9. The largest absolute Gasteiger partial charge is 0.480 e. The molecule has 0 bridgehead atoms. The highest BCUT2D eigenvalue weighted by molar-refractivity contribution is 7.98. The minimum absolute atomic E-state index is 0.0705. The van der Waals surface area contributed by atoms with Crippen LogP contribution in [0.25, 0.3) is 10.9 Å². The Morgan fingerprint density at radius 3 is 2.49 bits per heavy atom. The maximum atomic E-state index is 13.3. The number of aromatic nitrogens is 1. The predicted octanol–water partition coefficient (Wildman–Crippen LogP) is 0.135. The van der Waals surface area contributed by atoms with E-state index >= 15 is 0 Å². The second-order valence-corrected chi connectivity index (χ2v) is 10.2. The van der Waals surface area contributed by atoms with Gasteiger partial charge in [-0.15, -0.1) is 0 Å². The molecule has 0 spiro atoms. The van der Waals surface area contributed by atoms with Crippen molar-refractivity contribution < 1.29 is 29.4 Å². The molecule has 1 aromatic heterocycles. The Morgan fingerprint density at radius 2 is 1.84 bits per heavy atom. The van der Waals surface area contributed by atoms with Crippen molar-refractivity contribution in [2.24, 2.45) is 0 Å². The highest BCUT2D eigenvalue weighted by Gasteiger charge is 2.33. The Hall–Kier alpha value is -3.09. The molecule has 0 radical (unpaired) electrons. The van der Waals surface area contributed by atoms with Gasteiger partial charge in [-0.3, -0.25) is 14.4 Å². The summed E-state index contributed by atoms with van der Waals surface area (Å²) < 4.78 is 0. The van der Waals surface area contributed by atoms with Crippen LogP contribution in [0.4, 0.5) is 0 Å². The molecule has 2 heterocycles. The topological polar surface area (TPSA) is 173 Å². The molecule has 3 amide bonds. The summed E-state index contributed by atoms with van der Waals surface area (Å²) in [5.74, 6) is -2.45. The van der Waals surface area contributed by atoms with Crippen LogP contribution in [-0.4, -0.2) is 87.7 Å². The molecule has 7 N–H and O–H groups in total. The van der Waals surface area contributed by atoms with E-state index in [4.69, 9.17) is 0 Å². The van der Waals surface area contributed by atoms with Gasteiger partial charge in [-0.25, -0.2) is 4.79 Å². The van der Waals surface area contributed by atoms with Crippen molar-refractivity contribution in [1.29, 1.82) is 0 Å². The van der Waals surface area contributed by atoms with Crippen molar-refractivity contribution in [2.45, 2.75) is 62.9 Å². The van der Waals surface area contributed by atoms with E-state index in [2.05, 4.69) is 26.3 Å². The average Bonchev–Trinajstić information content (AvgIpc) is 3.54. The van der Waals surface area contributed by atoms with Crippen LogP contribution in [0.2, 0.25) is 0 Å². The number of hydrogen-bond donors (Lipinski definition) is 7. The molecule has 0 saturated carbocycles. The van der Waals surface area contributed by atoms with Crippen molar-refractivity contribution >= 4 is 46.4 Å². The third-order valence-corrected chi connectivity index (χ3v) is 7.04. The number of fused-ring (bicyclic) bond motifs is 1. The standard InChI is InChI=1S/C25H35N5O6S/c1-14(31)21(30-22(32)18-8-5-10-26-18)24(34)29-20(23(33)28-19(25(35)36)9-11-37-2)12-15-13-27-17-7-4-3-6-16(15)17/h3-4,6-7,13-14,18-21,26-27,31H,5,8-12H2,1-2H3,(H,28,33)(H,29,34)(H,30,32)(H,35,36). The molecule has 1 aliphatic heterocycles. The molecule has 1 aliphatic rings. The van der Waals surface area contributed by atoms with Crippen molar-refractivity contribution in [3.8, 4) is 0 Å². The van der Waals surface area contributed by atoms with Gasteiger partial charge >= 0.3 is 5.97 Å². The fraction of sp³-hybridized carbons (Fsp3) is 0.520. The number of hydrogen-bond acceptors (Lipinski definition) is 7. The number of carboxylic acids is 1. The Balaban J connectivity index is 1.81. The smallest absolute Gasteiger partial charge is 0.326 e. The predicted molar refractivity (Wildman–Crippen MR) is 141 cm³/mol. The van der Waals surface area contributed by atoms with Crippen LogP contribution in [0.15, 0.2) is 30.5 Å². The van der Waals surface area contributed by atoms with Crippen LogP contribution < -0.4 is 21.3 Å². The molecule has 12 heteroatoms. The highest BCUT2D eigenvalue weighted by Crippen LogP contribution is 2.19. The maximum absolute atomic E-state index is 13.3. The summed E-state index contributed by atoms with van der Waals surface area (Å²) in [5, 5.41) is 31.5. The van der Waals surface area contributed by atoms with Gasteiger partial charge in [-0.1, -0.05) is 18.2 Å². The molecule has 1 saturated heterocycles. The van der Waals surface area contributed by atoms with Crippen molar-refractivity contribution in [1.82, 2.24) is 26.3 Å². The van der Waals surface area contributed by atoms with E-state index in [9.17, 15) is 29.4 Å². The van der Waals surface area contributed by atoms with Crippen molar-refractivity contribution in [3.05, 3.63) is 36.0 Å². The Labute approximate surface area is 219 Å². The number of H-pyrrole nitrogens is 1. The van der Waals surface area contributed by atoms with E-state index in [1.54, 1.807) is 6.20 Å². The number of thioether (sulfide) groups is 1. The summed E-state index contributed by atoms with van der Waals surface area (Å²) in [7, 11) is 0. The van der Waals surface area contributed by atoms with Crippen LogP contribution in [-0.2, 0) is 25.6 Å². The third kappa shape index (κ3) is 7.70. The summed E-state index contributed by atoms with van der Waals surface area (Å²) in [5.41, 5.74) is 1.60. The SMILES string of the molecule is CSCCC(NC(=O)C(Cc1c[nH]c2ccccc12)NC(=O)C(NC(=O)C1CCCN1)C(C)O)C(=O)O. The molecule has 5 unspecified atom stereocenters. The number of benzene rings is 1. The zero-order valence-electron chi connectivity index (χ0n) is 21.0. The third-order valence-electron chi connectivity index (χ3n) is 6.40. The summed E-state index contributed by atoms with van der Waals surface area (Å²) >= 11 is 1.46. The number of rotatable bonds is 13. The molecule has 11 nitrogen and oxygen atoms in total. The van der Waals surface area contributed by atoms with E-state index in [-0.39, 0.29) is 12.8 Å². The Kier molecular flexibility index (Phi) is 10.4. The maximum Gasteiger partial charge on any atom is 0.326 e. The highest BCUT2D eigenvalue weighted by atomic mass is 32.2. The first kappa shape index (κ1) is 28.5. The second-order valence-electron chi connectivity index (χ2n) is 9.18. The van der Waals surface area contributed by atoms with Crippen molar-refractivity contribution in [3.63, 3.8) is 0 Å². The normalized spacial score (nSPS) is 18.5. The van der Waals surface area contributed by atoms with Gasteiger partial charge in [-0.05, 0) is 56.4 Å². The molecule has 1 fully saturated rings. The average molecular weight is 534 g/mol. The molecule has 3 rings (SSSR count). The van der Waals surface area contributed by atoms with E-state index in [0.717, 1.165) is 22.9 Å². The van der Waals surface area contributed by atoms with Crippen LogP contribution in [0.5, 0.6) is 0 Å². The van der Waals surface area contributed by atoms with Crippen LogP contribution in [0.1, 0.15) is 31.7 Å². The first-order valence-corrected chi connectivity index (χ1v) is 13.7. The molecule has 5 atom stereocenters. The lowest BCUT2D eigenvalue weighted by molar-refractivity contribution is -0.142. The molecular weight excluding hydrogens is 498 g/mol. The van der Waals surface area contributed by atoms with Gasteiger partial charge in [0.1, 0.15) is 18.1 Å². The molecular formula is C25H35N5O6S. The van der Waals surface area contributed by atoms with Gasteiger partial charge in [0.15, 0.2) is 0 Å². The molecule has 1 aromatic carbocycles. The number of para-hydroxylation sites is 1. The van der Waals surface area contributed by atoms with Gasteiger partial charge in [0.05, 0.1) is 12.1 Å². The summed E-state index contributed by atoms with van der Waals surface area (Å²) in [4.78, 5) is 53.9. The quantitative estimate of drug-likeness (QED) is 0.190. The Morgan fingerprint density at radius 1 is 1.11 bits per heavy atom. The summed E-state index contributed by atoms with van der Waals surface area (Å²) in [6, 6.07) is 3.47. The van der Waals surface area contributed by atoms with Gasteiger partial charge in [0.2, 0.25) is 17.7 Å². The number of amides is 3. The second kappa shape index (κ2) is 13.5. The number of aliphatic hydroxyl groups is 1. The number of carboxylic acid groups (broad SMARTS) is 1. The number of carbonyl (C=O) groups is 4. The monoisotopic (exact) mass is 533 g/mol. The number of aliphatic carboxylic acids is 1. The van der Waals surface area contributed by atoms with E-state index in [1.807, 2.05) is 30.5 Å².